The second kappa shape index (κ2) is 6.71. The third-order valence-corrected chi connectivity index (χ3v) is 4.43. The molecule has 2 atom stereocenters. The number of fused-ring (bicyclic) bond motifs is 1. The van der Waals surface area contributed by atoms with Gasteiger partial charge < -0.3 is 14.8 Å². The van der Waals surface area contributed by atoms with Gasteiger partial charge in [-0.25, -0.2) is 4.79 Å². The molecule has 2 rings (SSSR count). The van der Waals surface area contributed by atoms with E-state index < -0.39 is 11.4 Å². The minimum Gasteiger partial charge on any atom is -0.462 e. The fraction of sp³-hybridized carbons (Fsp3) is 0.765. The Hall–Kier alpha value is -1.52. The van der Waals surface area contributed by atoms with Gasteiger partial charge >= 0.3 is 11.9 Å². The number of ether oxygens (including phenoxy) is 2. The van der Waals surface area contributed by atoms with E-state index >= 15 is 0 Å². The fourth-order valence-corrected chi connectivity index (χ4v) is 3.52. The van der Waals surface area contributed by atoms with Crippen molar-refractivity contribution >= 4 is 11.9 Å². The highest BCUT2D eigenvalue weighted by molar-refractivity contribution is 5.99. The van der Waals surface area contributed by atoms with Gasteiger partial charge in [0.05, 0.1) is 17.8 Å². The molecule has 2 aliphatic rings. The van der Waals surface area contributed by atoms with Gasteiger partial charge in [-0.2, -0.15) is 0 Å². The Morgan fingerprint density at radius 2 is 1.86 bits per heavy atom. The first-order chi connectivity index (χ1) is 10.4. The number of carbonyl (C=O) groups is 2. The van der Waals surface area contributed by atoms with Gasteiger partial charge in [0.2, 0.25) is 0 Å². The lowest BCUT2D eigenvalue weighted by Gasteiger charge is -2.45. The topological polar surface area (TPSA) is 64.6 Å². The molecular formula is C17H27NO4. The van der Waals surface area contributed by atoms with Crippen molar-refractivity contribution in [3.8, 4) is 0 Å². The lowest BCUT2D eigenvalue weighted by Crippen LogP contribution is -2.52. The highest BCUT2D eigenvalue weighted by atomic mass is 16.6. The van der Waals surface area contributed by atoms with E-state index in [1.54, 1.807) is 6.20 Å². The van der Waals surface area contributed by atoms with Crippen LogP contribution in [-0.2, 0) is 19.1 Å². The Morgan fingerprint density at radius 1 is 1.18 bits per heavy atom. The minimum absolute atomic E-state index is 0.0900. The monoisotopic (exact) mass is 309 g/mol. The molecule has 5 heteroatoms. The van der Waals surface area contributed by atoms with Crippen LogP contribution < -0.4 is 5.32 Å². The van der Waals surface area contributed by atoms with Gasteiger partial charge in [-0.05, 0) is 46.5 Å². The molecule has 0 unspecified atom stereocenters. The molecule has 124 valence electrons. The van der Waals surface area contributed by atoms with E-state index in [9.17, 15) is 9.59 Å². The first-order valence-electron chi connectivity index (χ1n) is 8.24. The second-order valence-corrected chi connectivity index (χ2v) is 6.79. The van der Waals surface area contributed by atoms with Crippen LogP contribution in [0.4, 0.5) is 0 Å². The molecule has 1 N–H and O–H groups in total. The van der Waals surface area contributed by atoms with Crippen molar-refractivity contribution in [2.24, 2.45) is 11.3 Å². The van der Waals surface area contributed by atoms with Crippen LogP contribution in [0.2, 0.25) is 0 Å². The summed E-state index contributed by atoms with van der Waals surface area (Å²) in [6.07, 6.45) is 4.84. The van der Waals surface area contributed by atoms with Crippen LogP contribution in [0.3, 0.4) is 0 Å². The zero-order chi connectivity index (χ0) is 16.3. The lowest BCUT2D eigenvalue weighted by molar-refractivity contribution is -0.167. The number of rotatable bonds is 4. The number of carbonyl (C=O) groups excluding carboxylic acids is 2. The van der Waals surface area contributed by atoms with Gasteiger partial charge in [-0.15, -0.1) is 0 Å². The first kappa shape index (κ1) is 16.8. The van der Waals surface area contributed by atoms with Gasteiger partial charge in [-0.1, -0.05) is 12.8 Å². The van der Waals surface area contributed by atoms with Crippen molar-refractivity contribution in [2.75, 3.05) is 6.54 Å². The van der Waals surface area contributed by atoms with E-state index in [2.05, 4.69) is 5.32 Å². The van der Waals surface area contributed by atoms with Gasteiger partial charge in [0.25, 0.3) is 0 Å². The molecular weight excluding hydrogens is 282 g/mol. The third-order valence-electron chi connectivity index (χ3n) is 4.43. The predicted molar refractivity (Wildman–Crippen MR) is 82.9 cm³/mol. The summed E-state index contributed by atoms with van der Waals surface area (Å²) in [4.78, 5) is 25.4. The van der Waals surface area contributed by atoms with E-state index in [0.29, 0.717) is 18.5 Å². The third kappa shape index (κ3) is 3.13. The number of nitrogens with one attached hydrogen (secondary N) is 1. The molecule has 0 spiro atoms. The summed E-state index contributed by atoms with van der Waals surface area (Å²) >= 11 is 0. The lowest BCUT2D eigenvalue weighted by atomic mass is 9.61. The fourth-order valence-electron chi connectivity index (χ4n) is 3.52. The predicted octanol–water partition coefficient (Wildman–Crippen LogP) is 2.55. The molecule has 5 nitrogen and oxygen atoms in total. The Kier molecular flexibility index (Phi) is 5.14. The van der Waals surface area contributed by atoms with Crippen molar-refractivity contribution in [1.82, 2.24) is 5.32 Å². The molecule has 0 bridgehead atoms. The van der Waals surface area contributed by atoms with Gasteiger partial charge in [0.1, 0.15) is 5.41 Å². The number of hydrogen-bond donors (Lipinski definition) is 1. The zero-order valence-electron chi connectivity index (χ0n) is 14.0. The van der Waals surface area contributed by atoms with Crippen LogP contribution in [0.1, 0.15) is 53.4 Å². The Balaban J connectivity index is 2.38. The quantitative estimate of drug-likeness (QED) is 0.809. The Morgan fingerprint density at radius 3 is 2.50 bits per heavy atom. The summed E-state index contributed by atoms with van der Waals surface area (Å²) in [7, 11) is 0. The smallest absolute Gasteiger partial charge is 0.336 e. The molecule has 0 aromatic heterocycles. The van der Waals surface area contributed by atoms with Crippen LogP contribution >= 0.6 is 0 Å². The summed E-state index contributed by atoms with van der Waals surface area (Å²) in [5.74, 6) is -0.595. The molecule has 1 fully saturated rings. The maximum absolute atomic E-state index is 12.9. The molecule has 1 heterocycles. The standard InChI is InChI=1S/C17H27NO4/c1-11(2)21-15(19)14-10-18-9-13-7-5-6-8-17(13,14)16(20)22-12(3)4/h10-13,18H,5-9H2,1-4H3/t13-,17+/m0/s1. The molecule has 1 aliphatic heterocycles. The van der Waals surface area contributed by atoms with Crippen molar-refractivity contribution in [3.05, 3.63) is 11.8 Å². The average Bonchev–Trinajstić information content (AvgIpc) is 2.44. The molecule has 0 radical (unpaired) electrons. The first-order valence-corrected chi connectivity index (χ1v) is 8.24. The summed E-state index contributed by atoms with van der Waals surface area (Å²) in [5.41, 5.74) is -0.414. The van der Waals surface area contributed by atoms with E-state index in [0.717, 1.165) is 19.3 Å². The van der Waals surface area contributed by atoms with Crippen LogP contribution in [0, 0.1) is 11.3 Å². The van der Waals surface area contributed by atoms with Crippen molar-refractivity contribution in [2.45, 2.75) is 65.6 Å². The maximum Gasteiger partial charge on any atom is 0.336 e. The Bertz CT molecular complexity index is 469. The maximum atomic E-state index is 12.9. The van der Waals surface area contributed by atoms with Crippen molar-refractivity contribution in [3.63, 3.8) is 0 Å². The summed E-state index contributed by atoms with van der Waals surface area (Å²) in [6, 6.07) is 0. The highest BCUT2D eigenvalue weighted by Crippen LogP contribution is 2.49. The molecule has 0 amide bonds. The highest BCUT2D eigenvalue weighted by Gasteiger charge is 2.55. The normalized spacial score (nSPS) is 27.7. The minimum atomic E-state index is -0.847. The van der Waals surface area contributed by atoms with E-state index in [1.165, 1.54) is 0 Å². The number of esters is 2. The van der Waals surface area contributed by atoms with Crippen LogP contribution in [0.5, 0.6) is 0 Å². The van der Waals surface area contributed by atoms with Crippen LogP contribution in [0.15, 0.2) is 11.8 Å². The van der Waals surface area contributed by atoms with Gasteiger partial charge in [-0.3, -0.25) is 4.79 Å². The molecule has 0 aromatic carbocycles. The van der Waals surface area contributed by atoms with Crippen molar-refractivity contribution in [1.29, 1.82) is 0 Å². The van der Waals surface area contributed by atoms with Crippen molar-refractivity contribution < 1.29 is 19.1 Å². The average molecular weight is 309 g/mol. The molecule has 0 saturated heterocycles. The largest absolute Gasteiger partial charge is 0.462 e. The molecule has 1 saturated carbocycles. The van der Waals surface area contributed by atoms with Gasteiger partial charge in [0, 0.05) is 12.7 Å². The van der Waals surface area contributed by atoms with E-state index in [4.69, 9.17) is 9.47 Å². The molecule has 1 aliphatic carbocycles. The van der Waals surface area contributed by atoms with E-state index in [-0.39, 0.29) is 24.1 Å². The Labute approximate surface area is 132 Å². The molecule has 22 heavy (non-hydrogen) atoms. The summed E-state index contributed by atoms with van der Waals surface area (Å²) < 4.78 is 10.9. The van der Waals surface area contributed by atoms with Crippen LogP contribution in [-0.4, -0.2) is 30.7 Å². The van der Waals surface area contributed by atoms with Gasteiger partial charge in [0.15, 0.2) is 0 Å². The summed E-state index contributed by atoms with van der Waals surface area (Å²) in [5, 5.41) is 3.15. The SMILES string of the molecule is CC(C)OC(=O)C1=CNC[C@@H]2CCCC[C@]12C(=O)OC(C)C. The number of hydrogen-bond acceptors (Lipinski definition) is 5. The van der Waals surface area contributed by atoms with E-state index in [1.807, 2.05) is 27.7 Å². The summed E-state index contributed by atoms with van der Waals surface area (Å²) in [6.45, 7) is 8.00. The molecule has 0 aromatic rings. The zero-order valence-corrected chi connectivity index (χ0v) is 14.0. The van der Waals surface area contributed by atoms with Crippen LogP contribution in [0.25, 0.3) is 0 Å². The second-order valence-electron chi connectivity index (χ2n) is 6.79.